The van der Waals surface area contributed by atoms with Crippen LogP contribution in [0.2, 0.25) is 0 Å². The molecule has 0 spiro atoms. The molecule has 0 bridgehead atoms. The number of nitrogens with two attached hydrogens (primary N) is 1. The van der Waals surface area contributed by atoms with E-state index in [-0.39, 0.29) is 12.1 Å². The van der Waals surface area contributed by atoms with Crippen LogP contribution in [-0.4, -0.2) is 19.3 Å². The number of ether oxygens (including phenoxy) is 1. The fraction of sp³-hybridized carbons (Fsp3) is 0.714. The van der Waals surface area contributed by atoms with Crippen LogP contribution in [0.1, 0.15) is 37.7 Å². The van der Waals surface area contributed by atoms with Crippen LogP contribution in [0, 0.1) is 5.92 Å². The molecule has 0 amide bonds. The van der Waals surface area contributed by atoms with E-state index >= 15 is 0 Å². The Morgan fingerprint density at radius 2 is 2.22 bits per heavy atom. The molecular formula is C14H24N2O2. The molecule has 1 aliphatic carbocycles. The van der Waals surface area contributed by atoms with Crippen LogP contribution >= 0.6 is 0 Å². The SMILES string of the molecule is COC(C1CCCCC1)C(Cc1ccoc1)NN. The minimum atomic E-state index is 0.149. The van der Waals surface area contributed by atoms with Crippen molar-refractivity contribution in [3.05, 3.63) is 24.2 Å². The van der Waals surface area contributed by atoms with Crippen molar-refractivity contribution in [2.45, 2.75) is 50.7 Å². The lowest BCUT2D eigenvalue weighted by Gasteiger charge is -2.34. The van der Waals surface area contributed by atoms with Gasteiger partial charge in [-0.1, -0.05) is 19.3 Å². The molecular weight excluding hydrogens is 228 g/mol. The summed E-state index contributed by atoms with van der Waals surface area (Å²) in [7, 11) is 1.79. The van der Waals surface area contributed by atoms with Crippen molar-refractivity contribution in [1.29, 1.82) is 0 Å². The number of furan rings is 1. The maximum Gasteiger partial charge on any atom is 0.0935 e. The fourth-order valence-corrected chi connectivity index (χ4v) is 3.08. The fourth-order valence-electron chi connectivity index (χ4n) is 3.08. The maximum absolute atomic E-state index is 5.72. The monoisotopic (exact) mass is 252 g/mol. The van der Waals surface area contributed by atoms with Crippen molar-refractivity contribution in [2.24, 2.45) is 11.8 Å². The van der Waals surface area contributed by atoms with Gasteiger partial charge in [-0.25, -0.2) is 0 Å². The lowest BCUT2D eigenvalue weighted by Crippen LogP contribution is -2.49. The second-order valence-electron chi connectivity index (χ2n) is 5.21. The smallest absolute Gasteiger partial charge is 0.0935 e. The normalized spacial score (nSPS) is 20.8. The molecule has 0 aliphatic heterocycles. The summed E-state index contributed by atoms with van der Waals surface area (Å²) < 4.78 is 10.8. The second kappa shape index (κ2) is 6.92. The van der Waals surface area contributed by atoms with E-state index in [4.69, 9.17) is 15.0 Å². The summed E-state index contributed by atoms with van der Waals surface area (Å²) in [5.74, 6) is 6.33. The number of hydrogen-bond donors (Lipinski definition) is 2. The van der Waals surface area contributed by atoms with Crippen molar-refractivity contribution in [2.75, 3.05) is 7.11 Å². The molecule has 1 aliphatic rings. The third-order valence-electron chi connectivity index (χ3n) is 4.03. The highest BCUT2D eigenvalue weighted by molar-refractivity contribution is 5.08. The number of hydrogen-bond acceptors (Lipinski definition) is 4. The van der Waals surface area contributed by atoms with Crippen LogP contribution in [0.4, 0.5) is 0 Å². The Morgan fingerprint density at radius 1 is 1.44 bits per heavy atom. The average Bonchev–Trinajstić information content (AvgIpc) is 2.92. The molecule has 1 fully saturated rings. The Hall–Kier alpha value is -0.840. The third kappa shape index (κ3) is 3.34. The van der Waals surface area contributed by atoms with Crippen LogP contribution in [-0.2, 0) is 11.2 Å². The van der Waals surface area contributed by atoms with Gasteiger partial charge in [0.25, 0.3) is 0 Å². The van der Waals surface area contributed by atoms with E-state index in [1.807, 2.05) is 6.07 Å². The van der Waals surface area contributed by atoms with Crippen LogP contribution in [0.3, 0.4) is 0 Å². The van der Waals surface area contributed by atoms with Crippen molar-refractivity contribution in [3.63, 3.8) is 0 Å². The third-order valence-corrected chi connectivity index (χ3v) is 4.03. The number of methoxy groups -OCH3 is 1. The summed E-state index contributed by atoms with van der Waals surface area (Å²) >= 11 is 0. The molecule has 0 radical (unpaired) electrons. The van der Waals surface area contributed by atoms with E-state index in [0.29, 0.717) is 5.92 Å². The van der Waals surface area contributed by atoms with E-state index < -0.39 is 0 Å². The summed E-state index contributed by atoms with van der Waals surface area (Å²) in [4.78, 5) is 0. The first-order chi connectivity index (χ1) is 8.85. The highest BCUT2D eigenvalue weighted by Gasteiger charge is 2.30. The molecule has 2 unspecified atom stereocenters. The predicted octanol–water partition coefficient (Wildman–Crippen LogP) is 2.25. The van der Waals surface area contributed by atoms with Gasteiger partial charge in [0.1, 0.15) is 0 Å². The van der Waals surface area contributed by atoms with Crippen molar-refractivity contribution in [1.82, 2.24) is 5.43 Å². The molecule has 4 heteroatoms. The van der Waals surface area contributed by atoms with Gasteiger partial charge in [-0.15, -0.1) is 0 Å². The number of nitrogens with one attached hydrogen (secondary N) is 1. The number of hydrazine groups is 1. The molecule has 3 N–H and O–H groups in total. The van der Waals surface area contributed by atoms with Gasteiger partial charge in [-0.3, -0.25) is 11.3 Å². The first-order valence-electron chi connectivity index (χ1n) is 6.85. The molecule has 1 saturated carbocycles. The van der Waals surface area contributed by atoms with Gasteiger partial charge in [-0.2, -0.15) is 0 Å². The van der Waals surface area contributed by atoms with Gasteiger partial charge in [0.2, 0.25) is 0 Å². The summed E-state index contributed by atoms with van der Waals surface area (Å²) in [6, 6.07) is 2.13. The molecule has 2 atom stereocenters. The van der Waals surface area contributed by atoms with Crippen LogP contribution < -0.4 is 11.3 Å². The molecule has 1 aromatic heterocycles. The standard InChI is InChI=1S/C14H24N2O2/c1-17-14(12-5-3-2-4-6-12)13(16-15)9-11-7-8-18-10-11/h7-8,10,12-14,16H,2-6,9,15H2,1H3. The zero-order valence-electron chi connectivity index (χ0n) is 11.1. The predicted molar refractivity (Wildman–Crippen MR) is 70.9 cm³/mol. The highest BCUT2D eigenvalue weighted by atomic mass is 16.5. The molecule has 102 valence electrons. The minimum Gasteiger partial charge on any atom is -0.472 e. The molecule has 1 aromatic rings. The van der Waals surface area contributed by atoms with E-state index in [1.165, 1.54) is 32.1 Å². The molecule has 1 heterocycles. The first kappa shape index (κ1) is 13.6. The Bertz CT molecular complexity index is 321. The summed E-state index contributed by atoms with van der Waals surface area (Å²) in [5.41, 5.74) is 4.08. The molecule has 4 nitrogen and oxygen atoms in total. The second-order valence-corrected chi connectivity index (χ2v) is 5.21. The van der Waals surface area contributed by atoms with Gasteiger partial charge in [0, 0.05) is 7.11 Å². The van der Waals surface area contributed by atoms with Crippen molar-refractivity contribution >= 4 is 0 Å². The van der Waals surface area contributed by atoms with Gasteiger partial charge >= 0.3 is 0 Å². The maximum atomic E-state index is 5.72. The lowest BCUT2D eigenvalue weighted by molar-refractivity contribution is 0.00824. The zero-order valence-corrected chi connectivity index (χ0v) is 11.1. The quantitative estimate of drug-likeness (QED) is 0.602. The Balaban J connectivity index is 1.98. The Kier molecular flexibility index (Phi) is 5.23. The average molecular weight is 252 g/mol. The van der Waals surface area contributed by atoms with E-state index in [2.05, 4.69) is 5.43 Å². The van der Waals surface area contributed by atoms with E-state index in [9.17, 15) is 0 Å². The van der Waals surface area contributed by atoms with Crippen molar-refractivity contribution < 1.29 is 9.15 Å². The van der Waals surface area contributed by atoms with Crippen molar-refractivity contribution in [3.8, 4) is 0 Å². The molecule has 0 aromatic carbocycles. The molecule has 2 rings (SSSR count). The zero-order chi connectivity index (χ0) is 12.8. The Labute approximate surface area is 109 Å². The van der Waals surface area contributed by atoms with Gasteiger partial charge in [0.05, 0.1) is 24.7 Å². The van der Waals surface area contributed by atoms with Crippen LogP contribution in [0.5, 0.6) is 0 Å². The highest BCUT2D eigenvalue weighted by Crippen LogP contribution is 2.30. The summed E-state index contributed by atoms with van der Waals surface area (Å²) in [5, 5.41) is 0. The summed E-state index contributed by atoms with van der Waals surface area (Å²) in [6.45, 7) is 0. The van der Waals surface area contributed by atoms with E-state index in [1.54, 1.807) is 19.6 Å². The molecule has 18 heavy (non-hydrogen) atoms. The number of rotatable bonds is 6. The topological polar surface area (TPSA) is 60.4 Å². The molecule has 0 saturated heterocycles. The van der Waals surface area contributed by atoms with Gasteiger partial charge in [-0.05, 0) is 36.8 Å². The Morgan fingerprint density at radius 3 is 2.78 bits per heavy atom. The minimum absolute atomic E-state index is 0.149. The van der Waals surface area contributed by atoms with Crippen LogP contribution in [0.25, 0.3) is 0 Å². The summed E-state index contributed by atoms with van der Waals surface area (Å²) in [6.07, 6.45) is 11.0. The largest absolute Gasteiger partial charge is 0.472 e. The van der Waals surface area contributed by atoms with E-state index in [0.717, 1.165) is 12.0 Å². The van der Waals surface area contributed by atoms with Gasteiger partial charge < -0.3 is 9.15 Å². The first-order valence-corrected chi connectivity index (χ1v) is 6.85. The van der Waals surface area contributed by atoms with Crippen LogP contribution in [0.15, 0.2) is 23.0 Å². The lowest BCUT2D eigenvalue weighted by atomic mass is 9.81. The van der Waals surface area contributed by atoms with Gasteiger partial charge in [0.15, 0.2) is 0 Å².